The van der Waals surface area contributed by atoms with Crippen molar-refractivity contribution in [2.24, 2.45) is 4.99 Å². The first-order valence-corrected chi connectivity index (χ1v) is 7.79. The average molecular weight is 338 g/mol. The Morgan fingerprint density at radius 2 is 1.80 bits per heavy atom. The highest BCUT2D eigenvalue weighted by atomic mass is 16.5. The molecule has 0 unspecified atom stereocenters. The van der Waals surface area contributed by atoms with E-state index in [-0.39, 0.29) is 24.6 Å². The summed E-state index contributed by atoms with van der Waals surface area (Å²) < 4.78 is 6.37. The molecular formula is C19H18N2O4. The SMILES string of the molecule is COc1ccc(-n2c(O)c(C=NCCO)c3ccccc3c2=O)cc1. The second kappa shape index (κ2) is 7.19. The average Bonchev–Trinajstić information content (AvgIpc) is 2.65. The van der Waals surface area contributed by atoms with Gasteiger partial charge >= 0.3 is 0 Å². The fourth-order valence-corrected chi connectivity index (χ4v) is 2.67. The van der Waals surface area contributed by atoms with E-state index in [1.165, 1.54) is 10.8 Å². The molecule has 0 fully saturated rings. The first-order chi connectivity index (χ1) is 12.2. The molecule has 6 nitrogen and oxygen atoms in total. The summed E-state index contributed by atoms with van der Waals surface area (Å²) in [6.07, 6.45) is 1.48. The summed E-state index contributed by atoms with van der Waals surface area (Å²) in [6, 6.07) is 13.9. The van der Waals surface area contributed by atoms with E-state index in [9.17, 15) is 9.90 Å². The van der Waals surface area contributed by atoms with E-state index in [1.54, 1.807) is 55.6 Å². The molecule has 128 valence electrons. The minimum Gasteiger partial charge on any atom is -0.497 e. The number of ether oxygens (including phenoxy) is 1. The topological polar surface area (TPSA) is 84.1 Å². The molecule has 0 saturated carbocycles. The number of hydrogen-bond acceptors (Lipinski definition) is 5. The molecule has 0 radical (unpaired) electrons. The molecule has 0 aliphatic heterocycles. The van der Waals surface area contributed by atoms with E-state index in [1.807, 2.05) is 0 Å². The van der Waals surface area contributed by atoms with Crippen LogP contribution in [0.1, 0.15) is 5.56 Å². The molecule has 2 aromatic carbocycles. The maximum absolute atomic E-state index is 12.9. The first-order valence-electron chi connectivity index (χ1n) is 7.79. The Labute approximate surface area is 144 Å². The monoisotopic (exact) mass is 338 g/mol. The lowest BCUT2D eigenvalue weighted by molar-refractivity contribution is 0.307. The number of methoxy groups -OCH3 is 1. The number of aromatic hydroxyl groups is 1. The molecule has 6 heteroatoms. The summed E-state index contributed by atoms with van der Waals surface area (Å²) in [5.74, 6) is 0.456. The van der Waals surface area contributed by atoms with Crippen molar-refractivity contribution in [3.63, 3.8) is 0 Å². The first kappa shape index (κ1) is 16.7. The van der Waals surface area contributed by atoms with Crippen molar-refractivity contribution in [3.05, 3.63) is 64.4 Å². The van der Waals surface area contributed by atoms with Crippen LogP contribution in [-0.2, 0) is 0 Å². The number of hydrogen-bond donors (Lipinski definition) is 2. The van der Waals surface area contributed by atoms with Crippen molar-refractivity contribution < 1.29 is 14.9 Å². The smallest absolute Gasteiger partial charge is 0.265 e. The second-order valence-electron chi connectivity index (χ2n) is 5.38. The third-order valence-electron chi connectivity index (χ3n) is 3.88. The van der Waals surface area contributed by atoms with Crippen LogP contribution in [0.2, 0.25) is 0 Å². The van der Waals surface area contributed by atoms with E-state index in [2.05, 4.69) is 4.99 Å². The maximum Gasteiger partial charge on any atom is 0.265 e. The van der Waals surface area contributed by atoms with Crippen molar-refractivity contribution in [2.75, 3.05) is 20.3 Å². The van der Waals surface area contributed by atoms with Crippen LogP contribution in [0.25, 0.3) is 16.5 Å². The molecule has 0 saturated heterocycles. The Bertz CT molecular complexity index is 975. The number of aliphatic hydroxyl groups excluding tert-OH is 1. The van der Waals surface area contributed by atoms with Gasteiger partial charge in [0.25, 0.3) is 5.56 Å². The largest absolute Gasteiger partial charge is 0.497 e. The molecule has 0 amide bonds. The van der Waals surface area contributed by atoms with Gasteiger partial charge in [-0.15, -0.1) is 0 Å². The van der Waals surface area contributed by atoms with Crippen LogP contribution in [0, 0.1) is 0 Å². The van der Waals surface area contributed by atoms with Gasteiger partial charge in [-0.1, -0.05) is 18.2 Å². The lowest BCUT2D eigenvalue weighted by atomic mass is 10.1. The van der Waals surface area contributed by atoms with Crippen LogP contribution in [0.15, 0.2) is 58.3 Å². The third kappa shape index (κ3) is 3.12. The van der Waals surface area contributed by atoms with Gasteiger partial charge in [-0.2, -0.15) is 0 Å². The number of rotatable bonds is 5. The van der Waals surface area contributed by atoms with Crippen LogP contribution in [0.3, 0.4) is 0 Å². The van der Waals surface area contributed by atoms with Gasteiger partial charge in [0, 0.05) is 17.0 Å². The van der Waals surface area contributed by atoms with Crippen LogP contribution >= 0.6 is 0 Å². The molecule has 0 spiro atoms. The Hall–Kier alpha value is -3.12. The highest BCUT2D eigenvalue weighted by Crippen LogP contribution is 2.26. The van der Waals surface area contributed by atoms with Crippen LogP contribution < -0.4 is 10.3 Å². The molecule has 0 bridgehead atoms. The summed E-state index contributed by atoms with van der Waals surface area (Å²) in [4.78, 5) is 17.0. The Morgan fingerprint density at radius 1 is 1.12 bits per heavy atom. The zero-order chi connectivity index (χ0) is 17.8. The summed E-state index contributed by atoms with van der Waals surface area (Å²) >= 11 is 0. The van der Waals surface area contributed by atoms with Crippen LogP contribution in [0.5, 0.6) is 11.6 Å². The summed E-state index contributed by atoms with van der Waals surface area (Å²) in [5.41, 5.74) is 0.628. The normalized spacial score (nSPS) is 11.3. The number of pyridine rings is 1. The molecule has 0 aliphatic carbocycles. The van der Waals surface area contributed by atoms with Gasteiger partial charge in [-0.25, -0.2) is 4.57 Å². The van der Waals surface area contributed by atoms with Crippen LogP contribution in [0.4, 0.5) is 0 Å². The summed E-state index contributed by atoms with van der Waals surface area (Å²) in [5, 5.41) is 20.7. The van der Waals surface area contributed by atoms with E-state index in [0.29, 0.717) is 27.8 Å². The lowest BCUT2D eigenvalue weighted by Gasteiger charge is -2.14. The van der Waals surface area contributed by atoms with Gasteiger partial charge in [0.2, 0.25) is 5.88 Å². The Morgan fingerprint density at radius 3 is 2.44 bits per heavy atom. The summed E-state index contributed by atoms with van der Waals surface area (Å²) in [6.45, 7) is 0.128. The van der Waals surface area contributed by atoms with E-state index in [4.69, 9.17) is 9.84 Å². The zero-order valence-corrected chi connectivity index (χ0v) is 13.7. The van der Waals surface area contributed by atoms with Gasteiger partial charge in [-0.3, -0.25) is 9.79 Å². The molecule has 0 aliphatic rings. The highest BCUT2D eigenvalue weighted by molar-refractivity contribution is 6.01. The van der Waals surface area contributed by atoms with Crippen molar-refractivity contribution in [1.29, 1.82) is 0 Å². The molecule has 3 aromatic rings. The minimum absolute atomic E-state index is 0.0900. The second-order valence-corrected chi connectivity index (χ2v) is 5.38. The number of aliphatic hydroxyl groups is 1. The zero-order valence-electron chi connectivity index (χ0n) is 13.7. The Kier molecular flexibility index (Phi) is 4.81. The molecule has 1 aromatic heterocycles. The van der Waals surface area contributed by atoms with Gasteiger partial charge in [0.05, 0.1) is 31.5 Å². The van der Waals surface area contributed by atoms with Gasteiger partial charge in [0.1, 0.15) is 5.75 Å². The van der Waals surface area contributed by atoms with Gasteiger partial charge < -0.3 is 14.9 Å². The third-order valence-corrected chi connectivity index (χ3v) is 3.88. The highest BCUT2D eigenvalue weighted by Gasteiger charge is 2.16. The van der Waals surface area contributed by atoms with Crippen molar-refractivity contribution in [2.45, 2.75) is 0 Å². The fourth-order valence-electron chi connectivity index (χ4n) is 2.67. The number of benzene rings is 2. The minimum atomic E-state index is -0.322. The molecule has 25 heavy (non-hydrogen) atoms. The predicted octanol–water partition coefficient (Wildman–Crippen LogP) is 2.12. The van der Waals surface area contributed by atoms with E-state index < -0.39 is 0 Å². The Balaban J connectivity index is 2.29. The van der Waals surface area contributed by atoms with E-state index >= 15 is 0 Å². The van der Waals surface area contributed by atoms with Crippen LogP contribution in [-0.4, -0.2) is 41.3 Å². The summed E-state index contributed by atoms with van der Waals surface area (Å²) in [7, 11) is 1.56. The van der Waals surface area contributed by atoms with Crippen molar-refractivity contribution in [3.8, 4) is 17.3 Å². The molecule has 1 heterocycles. The molecule has 0 atom stereocenters. The lowest BCUT2D eigenvalue weighted by Crippen LogP contribution is -2.20. The molecule has 2 N–H and O–H groups in total. The van der Waals surface area contributed by atoms with Gasteiger partial charge in [0.15, 0.2) is 0 Å². The maximum atomic E-state index is 12.9. The fraction of sp³-hybridized carbons (Fsp3) is 0.158. The van der Waals surface area contributed by atoms with Crippen molar-refractivity contribution in [1.82, 2.24) is 4.57 Å². The number of aliphatic imine (C=N–C) groups is 1. The number of nitrogens with zero attached hydrogens (tertiary/aromatic N) is 2. The van der Waals surface area contributed by atoms with E-state index in [0.717, 1.165) is 0 Å². The predicted molar refractivity (Wildman–Crippen MR) is 97.3 cm³/mol. The van der Waals surface area contributed by atoms with Crippen molar-refractivity contribution >= 4 is 17.0 Å². The number of fused-ring (bicyclic) bond motifs is 1. The van der Waals surface area contributed by atoms with Gasteiger partial charge in [-0.05, 0) is 30.3 Å². The molecule has 3 rings (SSSR count). The standard InChI is InChI=1S/C19H18N2O4/c1-25-14-8-6-13(7-9-14)21-18(23)16-5-3-2-4-15(16)17(19(21)24)12-20-10-11-22/h2-9,12,22,24H,10-11H2,1H3. The quantitative estimate of drug-likeness (QED) is 0.698. The molecular weight excluding hydrogens is 320 g/mol. The number of aromatic nitrogens is 1.